The third kappa shape index (κ3) is 3.17. The molecule has 1 atom stereocenters. The van der Waals surface area contributed by atoms with Gasteiger partial charge < -0.3 is 10.6 Å². The van der Waals surface area contributed by atoms with Gasteiger partial charge in [-0.2, -0.15) is 0 Å². The molecule has 2 N–H and O–H groups in total. The summed E-state index contributed by atoms with van der Waals surface area (Å²) in [5.74, 6) is 0.673. The van der Waals surface area contributed by atoms with Crippen LogP contribution >= 0.6 is 0 Å². The fraction of sp³-hybridized carbons (Fsp3) is 0.938. The molecule has 4 heteroatoms. The van der Waals surface area contributed by atoms with Gasteiger partial charge in [-0.05, 0) is 58.0 Å². The summed E-state index contributed by atoms with van der Waals surface area (Å²) in [6.45, 7) is 4.43. The van der Waals surface area contributed by atoms with Crippen molar-refractivity contribution in [2.45, 2.75) is 63.5 Å². The van der Waals surface area contributed by atoms with Crippen LogP contribution in [0, 0.1) is 5.92 Å². The molecule has 0 aromatic heterocycles. The topological polar surface area (TPSA) is 49.6 Å². The number of carbonyl (C=O) groups excluding carboxylic acids is 1. The van der Waals surface area contributed by atoms with Crippen LogP contribution in [-0.2, 0) is 4.79 Å². The zero-order valence-corrected chi connectivity index (χ0v) is 12.6. The molecule has 3 aliphatic rings. The van der Waals surface area contributed by atoms with Crippen molar-refractivity contribution in [3.05, 3.63) is 0 Å². The highest BCUT2D eigenvalue weighted by Gasteiger charge is 2.34. The Balaban J connectivity index is 1.50. The van der Waals surface area contributed by atoms with E-state index in [2.05, 4.69) is 9.80 Å². The predicted octanol–water partition coefficient (Wildman–Crippen LogP) is 1.59. The largest absolute Gasteiger partial charge is 0.341 e. The molecule has 4 nitrogen and oxygen atoms in total. The van der Waals surface area contributed by atoms with E-state index in [1.165, 1.54) is 38.8 Å². The van der Waals surface area contributed by atoms with Crippen LogP contribution < -0.4 is 5.73 Å². The van der Waals surface area contributed by atoms with Gasteiger partial charge in [0.25, 0.3) is 0 Å². The van der Waals surface area contributed by atoms with Crippen molar-refractivity contribution in [2.24, 2.45) is 11.7 Å². The number of piperidine rings is 1. The van der Waals surface area contributed by atoms with Gasteiger partial charge in [0, 0.05) is 31.1 Å². The Morgan fingerprint density at radius 1 is 0.900 bits per heavy atom. The van der Waals surface area contributed by atoms with E-state index >= 15 is 0 Å². The molecule has 0 aromatic rings. The van der Waals surface area contributed by atoms with Crippen molar-refractivity contribution in [2.75, 3.05) is 26.2 Å². The molecule has 0 bridgehead atoms. The predicted molar refractivity (Wildman–Crippen MR) is 80.3 cm³/mol. The number of nitrogens with zero attached hydrogens (tertiary/aromatic N) is 2. The van der Waals surface area contributed by atoms with E-state index in [1.54, 1.807) is 0 Å². The third-order valence-corrected chi connectivity index (χ3v) is 5.50. The minimum Gasteiger partial charge on any atom is -0.341 e. The highest BCUT2D eigenvalue weighted by atomic mass is 16.2. The number of nitrogens with two attached hydrogens (primary N) is 1. The number of carbonyl (C=O) groups is 1. The smallest absolute Gasteiger partial charge is 0.225 e. The van der Waals surface area contributed by atoms with Crippen LogP contribution in [0.15, 0.2) is 0 Å². The summed E-state index contributed by atoms with van der Waals surface area (Å²) in [5, 5.41) is 0. The Labute approximate surface area is 122 Å². The highest BCUT2D eigenvalue weighted by molar-refractivity contribution is 5.79. The van der Waals surface area contributed by atoms with Crippen molar-refractivity contribution in [3.8, 4) is 0 Å². The minimum absolute atomic E-state index is 0.259. The SMILES string of the molecule is NC1CCC(C(=O)N2CCC(N3CCCCC3)C2)CC1. The zero-order chi connectivity index (χ0) is 13.9. The van der Waals surface area contributed by atoms with Gasteiger partial charge in [-0.3, -0.25) is 9.69 Å². The summed E-state index contributed by atoms with van der Waals surface area (Å²) in [6.07, 6.45) is 9.30. The lowest BCUT2D eigenvalue weighted by molar-refractivity contribution is -0.135. The molecule has 0 aromatic carbocycles. The molecule has 2 saturated heterocycles. The normalized spacial score (nSPS) is 36.2. The van der Waals surface area contributed by atoms with Gasteiger partial charge in [-0.25, -0.2) is 0 Å². The van der Waals surface area contributed by atoms with E-state index in [0.717, 1.165) is 38.8 Å². The Morgan fingerprint density at radius 3 is 2.30 bits per heavy atom. The van der Waals surface area contributed by atoms with Crippen molar-refractivity contribution in [3.63, 3.8) is 0 Å². The van der Waals surface area contributed by atoms with Crippen molar-refractivity contribution < 1.29 is 4.79 Å². The summed E-state index contributed by atoms with van der Waals surface area (Å²) in [7, 11) is 0. The Kier molecular flexibility index (Phi) is 4.61. The quantitative estimate of drug-likeness (QED) is 0.835. The molecule has 114 valence electrons. The molecular formula is C16H29N3O. The number of rotatable bonds is 2. The molecule has 1 amide bonds. The van der Waals surface area contributed by atoms with E-state index in [0.29, 0.717) is 18.0 Å². The van der Waals surface area contributed by atoms with Crippen LogP contribution in [0.25, 0.3) is 0 Å². The van der Waals surface area contributed by atoms with Gasteiger partial charge in [-0.1, -0.05) is 6.42 Å². The van der Waals surface area contributed by atoms with Gasteiger partial charge >= 0.3 is 0 Å². The molecule has 1 unspecified atom stereocenters. The summed E-state index contributed by atoms with van der Waals surface area (Å²) < 4.78 is 0. The summed E-state index contributed by atoms with van der Waals surface area (Å²) in [6, 6.07) is 0.962. The van der Waals surface area contributed by atoms with Crippen molar-refractivity contribution in [1.29, 1.82) is 0 Å². The second kappa shape index (κ2) is 6.44. The van der Waals surface area contributed by atoms with E-state index in [4.69, 9.17) is 5.73 Å². The maximum atomic E-state index is 12.6. The van der Waals surface area contributed by atoms with E-state index in [9.17, 15) is 4.79 Å². The second-order valence-electron chi connectivity index (χ2n) is 6.94. The summed E-state index contributed by atoms with van der Waals surface area (Å²) >= 11 is 0. The first-order valence-electron chi connectivity index (χ1n) is 8.52. The number of hydrogen-bond acceptors (Lipinski definition) is 3. The number of hydrogen-bond donors (Lipinski definition) is 1. The lowest BCUT2D eigenvalue weighted by Gasteiger charge is -2.33. The first-order valence-corrected chi connectivity index (χ1v) is 8.52. The van der Waals surface area contributed by atoms with Crippen molar-refractivity contribution in [1.82, 2.24) is 9.80 Å². The van der Waals surface area contributed by atoms with E-state index < -0.39 is 0 Å². The van der Waals surface area contributed by atoms with Gasteiger partial charge in [0.15, 0.2) is 0 Å². The van der Waals surface area contributed by atoms with Gasteiger partial charge in [-0.15, -0.1) is 0 Å². The molecular weight excluding hydrogens is 250 g/mol. The van der Waals surface area contributed by atoms with Crippen molar-refractivity contribution >= 4 is 5.91 Å². The van der Waals surface area contributed by atoms with E-state index in [-0.39, 0.29) is 5.92 Å². The summed E-state index contributed by atoms with van der Waals surface area (Å²) in [4.78, 5) is 17.4. The van der Waals surface area contributed by atoms with Crippen LogP contribution in [-0.4, -0.2) is 54.0 Å². The fourth-order valence-corrected chi connectivity index (χ4v) is 4.15. The van der Waals surface area contributed by atoms with Crippen LogP contribution in [0.5, 0.6) is 0 Å². The molecule has 2 heterocycles. The molecule has 1 saturated carbocycles. The molecule has 1 aliphatic carbocycles. The number of likely N-dealkylation sites (tertiary alicyclic amines) is 2. The average Bonchev–Trinajstić information content (AvgIpc) is 2.98. The van der Waals surface area contributed by atoms with Gasteiger partial charge in [0.1, 0.15) is 0 Å². The molecule has 20 heavy (non-hydrogen) atoms. The first-order chi connectivity index (χ1) is 9.74. The molecule has 0 spiro atoms. The molecule has 3 fully saturated rings. The maximum Gasteiger partial charge on any atom is 0.225 e. The van der Waals surface area contributed by atoms with Gasteiger partial charge in [0.2, 0.25) is 5.91 Å². The fourth-order valence-electron chi connectivity index (χ4n) is 4.15. The van der Waals surface area contributed by atoms with Crippen LogP contribution in [0.1, 0.15) is 51.4 Å². The lowest BCUT2D eigenvalue weighted by atomic mass is 9.85. The zero-order valence-electron chi connectivity index (χ0n) is 12.6. The Morgan fingerprint density at radius 2 is 1.60 bits per heavy atom. The maximum absolute atomic E-state index is 12.6. The minimum atomic E-state index is 0.259. The standard InChI is InChI=1S/C16H29N3O/c17-14-6-4-13(5-7-14)16(20)19-11-8-15(12-19)18-9-2-1-3-10-18/h13-15H,1-12,17H2. The molecule has 2 aliphatic heterocycles. The van der Waals surface area contributed by atoms with Crippen LogP contribution in [0.2, 0.25) is 0 Å². The Bertz CT molecular complexity index is 333. The van der Waals surface area contributed by atoms with Gasteiger partial charge in [0.05, 0.1) is 0 Å². The summed E-state index contributed by atoms with van der Waals surface area (Å²) in [5.41, 5.74) is 5.94. The lowest BCUT2D eigenvalue weighted by Crippen LogP contribution is -2.43. The first kappa shape index (κ1) is 14.3. The van der Waals surface area contributed by atoms with E-state index in [1.807, 2.05) is 0 Å². The van der Waals surface area contributed by atoms with Crippen LogP contribution in [0.4, 0.5) is 0 Å². The van der Waals surface area contributed by atoms with Crippen LogP contribution in [0.3, 0.4) is 0 Å². The number of amides is 1. The molecule has 3 rings (SSSR count). The third-order valence-electron chi connectivity index (χ3n) is 5.50. The highest BCUT2D eigenvalue weighted by Crippen LogP contribution is 2.28. The monoisotopic (exact) mass is 279 g/mol. The molecule has 0 radical (unpaired) electrons. The average molecular weight is 279 g/mol. The Hall–Kier alpha value is -0.610. The second-order valence-corrected chi connectivity index (χ2v) is 6.94.